The monoisotopic (exact) mass is 311 g/mol. The summed E-state index contributed by atoms with van der Waals surface area (Å²) in [7, 11) is 0. The van der Waals surface area contributed by atoms with E-state index < -0.39 is 6.04 Å². The molecule has 0 fully saturated rings. The molecule has 0 aliphatic rings. The van der Waals surface area contributed by atoms with Crippen molar-refractivity contribution in [2.45, 2.75) is 19.9 Å². The second-order valence-electron chi connectivity index (χ2n) is 4.65. The highest BCUT2D eigenvalue weighted by molar-refractivity contribution is 7.19. The van der Waals surface area contributed by atoms with E-state index in [0.29, 0.717) is 5.13 Å². The van der Waals surface area contributed by atoms with Crippen molar-refractivity contribution in [1.82, 2.24) is 4.98 Å². The minimum Gasteiger partial charge on any atom is -0.320 e. The third-order valence-corrected chi connectivity index (χ3v) is 3.78. The number of thiazole rings is 1. The average Bonchev–Trinajstić information content (AvgIpc) is 2.87. The summed E-state index contributed by atoms with van der Waals surface area (Å²) in [5.41, 5.74) is 6.88. The van der Waals surface area contributed by atoms with Crippen LogP contribution in [0.4, 0.5) is 5.13 Å². The molecule has 0 aliphatic carbocycles. The molecular weight excluding hydrogens is 294 g/mol. The van der Waals surface area contributed by atoms with Crippen molar-refractivity contribution >= 4 is 34.8 Å². The van der Waals surface area contributed by atoms with Crippen LogP contribution >= 0.6 is 23.7 Å². The lowest BCUT2D eigenvalue weighted by Gasteiger charge is -2.13. The van der Waals surface area contributed by atoms with Crippen molar-refractivity contribution in [2.75, 3.05) is 5.32 Å². The number of carbonyl (C=O) groups excluding carboxylic acids is 1. The van der Waals surface area contributed by atoms with E-state index >= 15 is 0 Å². The second-order valence-corrected chi connectivity index (χ2v) is 5.69. The van der Waals surface area contributed by atoms with E-state index in [1.807, 2.05) is 44.2 Å². The minimum atomic E-state index is -0.510. The number of nitrogens with zero attached hydrogens (tertiary/aromatic N) is 1. The molecule has 1 atom stereocenters. The standard InChI is InChI=1S/C14H17N3OS.ClH/c1-9(2)12(15)13(18)17-14-16-8-11(19-14)10-6-4-3-5-7-10;/h3-9,12H,15H2,1-2H3,(H,16,17,18);1H/t12-;/m0./s1. The van der Waals surface area contributed by atoms with Crippen LogP contribution in [-0.4, -0.2) is 16.9 Å². The molecule has 0 aliphatic heterocycles. The predicted octanol–water partition coefficient (Wildman–Crippen LogP) is 3.15. The summed E-state index contributed by atoms with van der Waals surface area (Å²) >= 11 is 1.44. The first-order chi connectivity index (χ1) is 9.08. The lowest BCUT2D eigenvalue weighted by atomic mass is 10.1. The molecule has 0 saturated carbocycles. The molecule has 0 bridgehead atoms. The Kier molecular flexibility index (Phi) is 6.13. The van der Waals surface area contributed by atoms with Gasteiger partial charge in [0.25, 0.3) is 0 Å². The van der Waals surface area contributed by atoms with Gasteiger partial charge >= 0.3 is 0 Å². The van der Waals surface area contributed by atoms with Gasteiger partial charge in [0.15, 0.2) is 5.13 Å². The van der Waals surface area contributed by atoms with Crippen LogP contribution in [0.5, 0.6) is 0 Å². The van der Waals surface area contributed by atoms with Gasteiger partial charge in [-0.2, -0.15) is 0 Å². The Hall–Kier alpha value is -1.43. The summed E-state index contributed by atoms with van der Waals surface area (Å²) in [6.07, 6.45) is 1.76. The minimum absolute atomic E-state index is 0. The van der Waals surface area contributed by atoms with Gasteiger partial charge < -0.3 is 11.1 Å². The number of aromatic nitrogens is 1. The number of hydrogen-bond acceptors (Lipinski definition) is 4. The Bertz CT molecular complexity index is 557. The number of nitrogens with one attached hydrogen (secondary N) is 1. The summed E-state index contributed by atoms with van der Waals surface area (Å²) in [6, 6.07) is 9.43. The number of benzene rings is 1. The molecule has 0 spiro atoms. The van der Waals surface area contributed by atoms with Crippen molar-refractivity contribution in [2.24, 2.45) is 11.7 Å². The van der Waals surface area contributed by atoms with Gasteiger partial charge in [0, 0.05) is 6.20 Å². The Balaban J connectivity index is 0.00000200. The predicted molar refractivity (Wildman–Crippen MR) is 86.2 cm³/mol. The number of halogens is 1. The number of amides is 1. The van der Waals surface area contributed by atoms with E-state index in [4.69, 9.17) is 5.73 Å². The fourth-order valence-corrected chi connectivity index (χ4v) is 2.38. The quantitative estimate of drug-likeness (QED) is 0.911. The highest BCUT2D eigenvalue weighted by Gasteiger charge is 2.18. The van der Waals surface area contributed by atoms with Gasteiger partial charge in [-0.15, -0.1) is 12.4 Å². The molecule has 4 nitrogen and oxygen atoms in total. The molecule has 6 heteroatoms. The number of rotatable bonds is 4. The number of anilines is 1. The summed E-state index contributed by atoms with van der Waals surface area (Å²) in [6.45, 7) is 3.84. The maximum atomic E-state index is 11.8. The Morgan fingerprint density at radius 1 is 1.30 bits per heavy atom. The zero-order chi connectivity index (χ0) is 13.8. The molecule has 3 N–H and O–H groups in total. The van der Waals surface area contributed by atoms with Crippen molar-refractivity contribution in [3.05, 3.63) is 36.5 Å². The second kappa shape index (κ2) is 7.38. The molecule has 1 heterocycles. The molecule has 1 aromatic carbocycles. The average molecular weight is 312 g/mol. The summed E-state index contributed by atoms with van der Waals surface area (Å²) in [5, 5.41) is 3.34. The van der Waals surface area contributed by atoms with Crippen LogP contribution in [-0.2, 0) is 4.79 Å². The third-order valence-electron chi connectivity index (χ3n) is 2.82. The first kappa shape index (κ1) is 16.6. The van der Waals surface area contributed by atoms with E-state index in [-0.39, 0.29) is 24.2 Å². The molecule has 0 saturated heterocycles. The molecular formula is C14H18ClN3OS. The normalized spacial score (nSPS) is 11.8. The van der Waals surface area contributed by atoms with E-state index in [0.717, 1.165) is 10.4 Å². The highest BCUT2D eigenvalue weighted by Crippen LogP contribution is 2.28. The van der Waals surface area contributed by atoms with Crippen molar-refractivity contribution in [3.8, 4) is 10.4 Å². The Morgan fingerprint density at radius 2 is 1.95 bits per heavy atom. The van der Waals surface area contributed by atoms with Gasteiger partial charge in [0.05, 0.1) is 10.9 Å². The molecule has 1 amide bonds. The SMILES string of the molecule is CC(C)[C@H](N)C(=O)Nc1ncc(-c2ccccc2)s1.Cl. The highest BCUT2D eigenvalue weighted by atomic mass is 35.5. The van der Waals surface area contributed by atoms with Crippen LogP contribution in [0.3, 0.4) is 0 Å². The van der Waals surface area contributed by atoms with Crippen LogP contribution in [0, 0.1) is 5.92 Å². The van der Waals surface area contributed by atoms with Crippen molar-refractivity contribution in [1.29, 1.82) is 0 Å². The zero-order valence-electron chi connectivity index (χ0n) is 11.4. The van der Waals surface area contributed by atoms with Crippen molar-refractivity contribution in [3.63, 3.8) is 0 Å². The van der Waals surface area contributed by atoms with Gasteiger partial charge in [-0.25, -0.2) is 4.98 Å². The van der Waals surface area contributed by atoms with E-state index in [2.05, 4.69) is 10.3 Å². The first-order valence-corrected chi connectivity index (χ1v) is 6.97. The number of carbonyl (C=O) groups is 1. The molecule has 2 aromatic rings. The van der Waals surface area contributed by atoms with Crippen LogP contribution in [0.2, 0.25) is 0 Å². The van der Waals surface area contributed by atoms with E-state index in [1.54, 1.807) is 6.20 Å². The van der Waals surface area contributed by atoms with Crippen molar-refractivity contribution < 1.29 is 4.79 Å². The van der Waals surface area contributed by atoms with Crippen LogP contribution in [0.15, 0.2) is 36.5 Å². The summed E-state index contributed by atoms with van der Waals surface area (Å²) in [4.78, 5) is 17.1. The van der Waals surface area contributed by atoms with Crippen LogP contribution < -0.4 is 11.1 Å². The smallest absolute Gasteiger partial charge is 0.243 e. The molecule has 2 rings (SSSR count). The maximum Gasteiger partial charge on any atom is 0.243 e. The molecule has 0 unspecified atom stereocenters. The van der Waals surface area contributed by atoms with Gasteiger partial charge in [0.1, 0.15) is 0 Å². The molecule has 1 aromatic heterocycles. The number of hydrogen-bond donors (Lipinski definition) is 2. The van der Waals surface area contributed by atoms with Gasteiger partial charge in [-0.1, -0.05) is 55.5 Å². The number of nitrogens with two attached hydrogens (primary N) is 1. The van der Waals surface area contributed by atoms with Gasteiger partial charge in [-0.05, 0) is 11.5 Å². The van der Waals surface area contributed by atoms with E-state index in [1.165, 1.54) is 11.3 Å². The third kappa shape index (κ3) is 4.03. The Morgan fingerprint density at radius 3 is 2.55 bits per heavy atom. The van der Waals surface area contributed by atoms with Crippen LogP contribution in [0.25, 0.3) is 10.4 Å². The largest absolute Gasteiger partial charge is 0.320 e. The lowest BCUT2D eigenvalue weighted by molar-refractivity contribution is -0.118. The van der Waals surface area contributed by atoms with Gasteiger partial charge in [0.2, 0.25) is 5.91 Å². The summed E-state index contributed by atoms with van der Waals surface area (Å²) < 4.78 is 0. The van der Waals surface area contributed by atoms with E-state index in [9.17, 15) is 4.79 Å². The van der Waals surface area contributed by atoms with Crippen LogP contribution in [0.1, 0.15) is 13.8 Å². The maximum absolute atomic E-state index is 11.8. The van der Waals surface area contributed by atoms with Gasteiger partial charge in [-0.3, -0.25) is 4.79 Å². The first-order valence-electron chi connectivity index (χ1n) is 6.15. The molecule has 0 radical (unpaired) electrons. The fraction of sp³-hybridized carbons (Fsp3) is 0.286. The molecule has 108 valence electrons. The Labute approximate surface area is 128 Å². The zero-order valence-corrected chi connectivity index (χ0v) is 13.0. The topological polar surface area (TPSA) is 68.0 Å². The fourth-order valence-electron chi connectivity index (χ4n) is 1.56. The lowest BCUT2D eigenvalue weighted by Crippen LogP contribution is -2.39. The molecule has 20 heavy (non-hydrogen) atoms. The summed E-state index contributed by atoms with van der Waals surface area (Å²) in [5.74, 6) is -0.0856.